The minimum absolute atomic E-state index is 0.158. The fourth-order valence-corrected chi connectivity index (χ4v) is 2.25. The minimum atomic E-state index is -0.591. The highest BCUT2D eigenvalue weighted by Gasteiger charge is 2.29. The summed E-state index contributed by atoms with van der Waals surface area (Å²) in [6, 6.07) is 3.21. The van der Waals surface area contributed by atoms with Gasteiger partial charge in [0.15, 0.2) is 11.5 Å². The van der Waals surface area contributed by atoms with Crippen molar-refractivity contribution in [1.82, 2.24) is 0 Å². The lowest BCUT2D eigenvalue weighted by atomic mass is 10.1. The summed E-state index contributed by atoms with van der Waals surface area (Å²) in [7, 11) is 1.51. The van der Waals surface area contributed by atoms with Crippen LogP contribution in [0.25, 0.3) is 0 Å². The smallest absolute Gasteiger partial charge is 0.379 e. The van der Waals surface area contributed by atoms with Gasteiger partial charge in [0.2, 0.25) is 5.76 Å². The van der Waals surface area contributed by atoms with Crippen molar-refractivity contribution in [3.05, 3.63) is 40.7 Å². The molecule has 1 heterocycles. The predicted molar refractivity (Wildman–Crippen MR) is 91.6 cm³/mol. The number of benzene rings is 1. The average Bonchev–Trinajstić information content (AvgIpc) is 2.58. The van der Waals surface area contributed by atoms with E-state index in [1.165, 1.54) is 7.11 Å². The first-order valence-corrected chi connectivity index (χ1v) is 7.91. The lowest BCUT2D eigenvalue weighted by Gasteiger charge is -2.23. The molecule has 0 N–H and O–H groups in total. The van der Waals surface area contributed by atoms with Crippen LogP contribution in [0.1, 0.15) is 46.3 Å². The van der Waals surface area contributed by atoms with Gasteiger partial charge in [-0.05, 0) is 46.3 Å². The van der Waals surface area contributed by atoms with Gasteiger partial charge >= 0.3 is 11.9 Å². The summed E-state index contributed by atoms with van der Waals surface area (Å²) in [5, 5.41) is 0. The van der Waals surface area contributed by atoms with Crippen LogP contribution in [0.5, 0.6) is 17.2 Å². The largest absolute Gasteiger partial charge is 0.496 e. The second kappa shape index (κ2) is 7.42. The number of ether oxygens (including phenoxy) is 4. The Labute approximate surface area is 147 Å². The summed E-state index contributed by atoms with van der Waals surface area (Å²) in [5.41, 5.74) is 1.80. The van der Waals surface area contributed by atoms with E-state index in [4.69, 9.17) is 18.9 Å². The lowest BCUT2D eigenvalue weighted by Crippen LogP contribution is -2.22. The third-order valence-corrected chi connectivity index (χ3v) is 3.83. The third-order valence-electron chi connectivity index (χ3n) is 3.83. The van der Waals surface area contributed by atoms with E-state index in [2.05, 4.69) is 0 Å². The van der Waals surface area contributed by atoms with Crippen molar-refractivity contribution in [1.29, 1.82) is 0 Å². The zero-order valence-corrected chi connectivity index (χ0v) is 15.3. The van der Waals surface area contributed by atoms with Gasteiger partial charge in [-0.15, -0.1) is 0 Å². The number of carbonyl (C=O) groups is 2. The van der Waals surface area contributed by atoms with Crippen molar-refractivity contribution >= 4 is 11.9 Å². The SMILES string of the molecule is CC=C(C)C(=O)OC(C)c1cc2c(cc1OC)OC(=C(C)C)C(=O)O2. The molecule has 2 rings (SSSR count). The molecule has 1 aliphatic rings. The van der Waals surface area contributed by atoms with Gasteiger partial charge in [-0.3, -0.25) is 0 Å². The van der Waals surface area contributed by atoms with Crippen LogP contribution in [0.15, 0.2) is 35.1 Å². The molecule has 0 saturated carbocycles. The van der Waals surface area contributed by atoms with Gasteiger partial charge in [-0.25, -0.2) is 9.59 Å². The summed E-state index contributed by atoms with van der Waals surface area (Å²) in [6.07, 6.45) is 1.08. The molecule has 0 aromatic heterocycles. The van der Waals surface area contributed by atoms with Crippen LogP contribution in [0.4, 0.5) is 0 Å². The van der Waals surface area contributed by atoms with E-state index in [0.29, 0.717) is 28.2 Å². The quantitative estimate of drug-likeness (QED) is 0.468. The predicted octanol–water partition coefficient (Wildman–Crippen LogP) is 3.86. The van der Waals surface area contributed by atoms with Crippen LogP contribution in [0, 0.1) is 0 Å². The van der Waals surface area contributed by atoms with Crippen molar-refractivity contribution in [2.24, 2.45) is 0 Å². The molecule has 1 atom stereocenters. The van der Waals surface area contributed by atoms with Crippen molar-refractivity contribution in [2.45, 2.75) is 40.7 Å². The van der Waals surface area contributed by atoms with Crippen LogP contribution in [-0.4, -0.2) is 19.0 Å². The molecule has 0 fully saturated rings. The number of hydrogen-bond donors (Lipinski definition) is 0. The van der Waals surface area contributed by atoms with Crippen LogP contribution in [0.2, 0.25) is 0 Å². The second-order valence-corrected chi connectivity index (χ2v) is 5.88. The molecule has 1 aromatic carbocycles. The molecule has 6 nitrogen and oxygen atoms in total. The molecular formula is C19H22O6. The van der Waals surface area contributed by atoms with Gasteiger partial charge in [0, 0.05) is 17.2 Å². The second-order valence-electron chi connectivity index (χ2n) is 5.88. The topological polar surface area (TPSA) is 71.1 Å². The molecule has 0 saturated heterocycles. The normalized spacial score (nSPS) is 14.9. The van der Waals surface area contributed by atoms with Gasteiger partial charge in [0.1, 0.15) is 11.9 Å². The molecule has 0 bridgehead atoms. The summed E-state index contributed by atoms with van der Waals surface area (Å²) in [4.78, 5) is 24.0. The Morgan fingerprint density at radius 1 is 1.16 bits per heavy atom. The summed E-state index contributed by atoms with van der Waals surface area (Å²) < 4.78 is 21.8. The molecule has 0 spiro atoms. The Bertz CT molecular complexity index is 768. The van der Waals surface area contributed by atoms with Gasteiger partial charge in [0.05, 0.1) is 7.11 Å². The zero-order valence-electron chi connectivity index (χ0n) is 15.3. The first kappa shape index (κ1) is 18.6. The fourth-order valence-electron chi connectivity index (χ4n) is 2.25. The van der Waals surface area contributed by atoms with Crippen molar-refractivity contribution in [2.75, 3.05) is 7.11 Å². The minimum Gasteiger partial charge on any atom is -0.496 e. The Hall–Kier alpha value is -2.76. The van der Waals surface area contributed by atoms with Crippen LogP contribution >= 0.6 is 0 Å². The van der Waals surface area contributed by atoms with E-state index in [0.717, 1.165) is 0 Å². The standard InChI is InChI=1S/C19H22O6/c1-7-11(4)18(20)23-12(5)13-8-15-16(9-14(13)22-6)24-17(10(2)3)19(21)25-15/h7-9,12H,1-6H3. The Kier molecular flexibility index (Phi) is 5.51. The van der Waals surface area contributed by atoms with E-state index in [-0.39, 0.29) is 11.5 Å². The maximum Gasteiger partial charge on any atom is 0.379 e. The molecule has 1 aromatic rings. The summed E-state index contributed by atoms with van der Waals surface area (Å²) in [6.45, 7) is 8.68. The molecule has 1 aliphatic heterocycles. The van der Waals surface area contributed by atoms with E-state index in [1.54, 1.807) is 52.8 Å². The van der Waals surface area contributed by atoms with Gasteiger partial charge < -0.3 is 18.9 Å². The third kappa shape index (κ3) is 3.84. The van der Waals surface area contributed by atoms with Gasteiger partial charge in [0.25, 0.3) is 0 Å². The van der Waals surface area contributed by atoms with Gasteiger partial charge in [-0.2, -0.15) is 0 Å². The van der Waals surface area contributed by atoms with Gasteiger partial charge in [-0.1, -0.05) is 6.08 Å². The molecule has 0 amide bonds. The number of esters is 2. The Balaban J connectivity index is 2.39. The highest BCUT2D eigenvalue weighted by atomic mass is 16.6. The molecule has 1 unspecified atom stereocenters. The van der Waals surface area contributed by atoms with E-state index < -0.39 is 18.0 Å². The lowest BCUT2D eigenvalue weighted by molar-refractivity contribution is -0.144. The van der Waals surface area contributed by atoms with Crippen LogP contribution in [0.3, 0.4) is 0 Å². The fraction of sp³-hybridized carbons (Fsp3) is 0.368. The van der Waals surface area contributed by atoms with E-state index in [9.17, 15) is 9.59 Å². The number of fused-ring (bicyclic) bond motifs is 1. The molecule has 6 heteroatoms. The van der Waals surface area contributed by atoms with Crippen molar-refractivity contribution in [3.63, 3.8) is 0 Å². The number of methoxy groups -OCH3 is 1. The number of hydrogen-bond acceptors (Lipinski definition) is 6. The van der Waals surface area contributed by atoms with Crippen molar-refractivity contribution in [3.8, 4) is 17.2 Å². The number of rotatable bonds is 4. The van der Waals surface area contributed by atoms with E-state index >= 15 is 0 Å². The van der Waals surface area contributed by atoms with Crippen LogP contribution < -0.4 is 14.2 Å². The molecular weight excluding hydrogens is 324 g/mol. The summed E-state index contributed by atoms with van der Waals surface area (Å²) in [5.74, 6) is 0.289. The maximum atomic E-state index is 12.0. The molecule has 25 heavy (non-hydrogen) atoms. The summed E-state index contributed by atoms with van der Waals surface area (Å²) >= 11 is 0. The van der Waals surface area contributed by atoms with E-state index in [1.807, 2.05) is 0 Å². The number of allylic oxidation sites excluding steroid dienone is 2. The first-order valence-electron chi connectivity index (χ1n) is 7.91. The zero-order chi connectivity index (χ0) is 18.7. The molecule has 0 aliphatic carbocycles. The molecule has 134 valence electrons. The highest BCUT2D eigenvalue weighted by molar-refractivity contribution is 5.91. The van der Waals surface area contributed by atoms with Crippen molar-refractivity contribution < 1.29 is 28.5 Å². The first-order chi connectivity index (χ1) is 11.8. The van der Waals surface area contributed by atoms with Crippen LogP contribution in [-0.2, 0) is 14.3 Å². The number of carbonyl (C=O) groups excluding carboxylic acids is 2. The Morgan fingerprint density at radius 2 is 1.80 bits per heavy atom. The molecule has 0 radical (unpaired) electrons. The Morgan fingerprint density at radius 3 is 2.36 bits per heavy atom. The average molecular weight is 346 g/mol. The maximum absolute atomic E-state index is 12.0. The monoisotopic (exact) mass is 346 g/mol. The highest BCUT2D eigenvalue weighted by Crippen LogP contribution is 2.42.